The smallest absolute Gasteiger partial charge is 0.0107 e. The average molecular weight is 283 g/mol. The van der Waals surface area contributed by atoms with Gasteiger partial charge in [-0.2, -0.15) is 0 Å². The lowest BCUT2D eigenvalue weighted by molar-refractivity contribution is 0.216. The molecule has 1 unspecified atom stereocenters. The van der Waals surface area contributed by atoms with E-state index in [1.54, 1.807) is 0 Å². The molecule has 114 valence electrons. The molecule has 2 rings (SSSR count). The van der Waals surface area contributed by atoms with Crippen molar-refractivity contribution in [2.24, 2.45) is 0 Å². The highest BCUT2D eigenvalue weighted by atomic mass is 15.1. The number of benzene rings is 1. The Labute approximate surface area is 130 Å². The third-order valence-electron chi connectivity index (χ3n) is 4.39. The Hall–Kier alpha value is -1.34. The molecule has 0 saturated heterocycles. The summed E-state index contributed by atoms with van der Waals surface area (Å²) < 4.78 is 0. The molecule has 0 radical (unpaired) electrons. The summed E-state index contributed by atoms with van der Waals surface area (Å²) in [7, 11) is 0. The Morgan fingerprint density at radius 3 is 2.62 bits per heavy atom. The van der Waals surface area contributed by atoms with Gasteiger partial charge >= 0.3 is 0 Å². The van der Waals surface area contributed by atoms with E-state index < -0.39 is 0 Å². The summed E-state index contributed by atoms with van der Waals surface area (Å²) in [5, 5.41) is 0. The van der Waals surface area contributed by atoms with Gasteiger partial charge in [0.1, 0.15) is 0 Å². The first kappa shape index (κ1) is 16.0. The predicted octanol–water partition coefficient (Wildman–Crippen LogP) is 5.00. The Balaban J connectivity index is 1.76. The Bertz CT molecular complexity index is 458. The van der Waals surface area contributed by atoms with Crippen molar-refractivity contribution in [1.82, 2.24) is 4.90 Å². The molecule has 1 nitrogen and oxygen atoms in total. The Morgan fingerprint density at radius 1 is 1.14 bits per heavy atom. The summed E-state index contributed by atoms with van der Waals surface area (Å²) in [6.45, 7) is 6.98. The summed E-state index contributed by atoms with van der Waals surface area (Å²) in [5.41, 5.74) is 2.98. The molecular formula is C20H29N. The lowest BCUT2D eigenvalue weighted by atomic mass is 10.0. The van der Waals surface area contributed by atoms with Crippen molar-refractivity contribution in [3.63, 3.8) is 0 Å². The van der Waals surface area contributed by atoms with Crippen LogP contribution >= 0.6 is 0 Å². The molecule has 1 heteroatoms. The molecule has 0 bridgehead atoms. The number of allylic oxidation sites excluding steroid dienone is 4. The van der Waals surface area contributed by atoms with E-state index in [1.807, 2.05) is 0 Å². The second kappa shape index (κ2) is 8.84. The maximum absolute atomic E-state index is 2.61. The van der Waals surface area contributed by atoms with Gasteiger partial charge in [0.05, 0.1) is 0 Å². The molecule has 21 heavy (non-hydrogen) atoms. The third kappa shape index (κ3) is 5.51. The van der Waals surface area contributed by atoms with E-state index in [2.05, 4.69) is 67.3 Å². The van der Waals surface area contributed by atoms with Crippen LogP contribution in [0.3, 0.4) is 0 Å². The fraction of sp³-hybridized carbons (Fsp3) is 0.500. The second-order valence-corrected chi connectivity index (χ2v) is 6.03. The Kier molecular flexibility index (Phi) is 6.75. The fourth-order valence-electron chi connectivity index (χ4n) is 3.11. The number of likely N-dealkylation sites (N-methyl/N-ethyl adjacent to an activating group) is 1. The van der Waals surface area contributed by atoms with Crippen LogP contribution in [0.2, 0.25) is 0 Å². The summed E-state index contributed by atoms with van der Waals surface area (Å²) in [6.07, 6.45) is 13.1. The van der Waals surface area contributed by atoms with Gasteiger partial charge in [-0.25, -0.2) is 0 Å². The van der Waals surface area contributed by atoms with Crippen LogP contribution in [0.1, 0.15) is 45.1 Å². The first-order valence-electron chi connectivity index (χ1n) is 8.43. The molecule has 1 aliphatic carbocycles. The van der Waals surface area contributed by atoms with Crippen LogP contribution in [0.25, 0.3) is 0 Å². The molecule has 1 atom stereocenters. The van der Waals surface area contributed by atoms with E-state index >= 15 is 0 Å². The monoisotopic (exact) mass is 283 g/mol. The van der Waals surface area contributed by atoms with E-state index in [1.165, 1.54) is 43.4 Å². The van der Waals surface area contributed by atoms with Gasteiger partial charge in [-0.3, -0.25) is 0 Å². The zero-order valence-electron chi connectivity index (χ0n) is 13.6. The summed E-state index contributed by atoms with van der Waals surface area (Å²) >= 11 is 0. The molecule has 0 aromatic heterocycles. The first-order valence-corrected chi connectivity index (χ1v) is 8.43. The van der Waals surface area contributed by atoms with Crippen molar-refractivity contribution in [3.8, 4) is 0 Å². The maximum Gasteiger partial charge on any atom is 0.0107 e. The van der Waals surface area contributed by atoms with E-state index in [0.29, 0.717) is 6.04 Å². The van der Waals surface area contributed by atoms with E-state index in [0.717, 1.165) is 13.0 Å². The first-order chi connectivity index (χ1) is 10.3. The normalized spacial score (nSPS) is 16.0. The Morgan fingerprint density at radius 2 is 1.95 bits per heavy atom. The van der Waals surface area contributed by atoms with Crippen molar-refractivity contribution in [2.45, 2.75) is 52.0 Å². The van der Waals surface area contributed by atoms with Gasteiger partial charge in [0.2, 0.25) is 0 Å². The van der Waals surface area contributed by atoms with E-state index in [4.69, 9.17) is 0 Å². The SMILES string of the molecule is CCN(CCCC1=CCCC=C1)C(C)Cc1ccccc1. The molecule has 1 aromatic rings. The zero-order valence-corrected chi connectivity index (χ0v) is 13.6. The number of nitrogens with zero attached hydrogens (tertiary/aromatic N) is 1. The van der Waals surface area contributed by atoms with Crippen molar-refractivity contribution in [3.05, 3.63) is 59.7 Å². The molecule has 0 saturated carbocycles. The van der Waals surface area contributed by atoms with Gasteiger partial charge in [0, 0.05) is 6.04 Å². The fourth-order valence-corrected chi connectivity index (χ4v) is 3.11. The molecule has 0 amide bonds. The number of hydrogen-bond acceptors (Lipinski definition) is 1. The predicted molar refractivity (Wildman–Crippen MR) is 92.5 cm³/mol. The highest BCUT2D eigenvalue weighted by molar-refractivity contribution is 5.21. The van der Waals surface area contributed by atoms with Crippen molar-refractivity contribution in [2.75, 3.05) is 13.1 Å². The van der Waals surface area contributed by atoms with E-state index in [9.17, 15) is 0 Å². The van der Waals surface area contributed by atoms with Gasteiger partial charge in [0.15, 0.2) is 0 Å². The lowest BCUT2D eigenvalue weighted by Crippen LogP contribution is -2.35. The van der Waals surface area contributed by atoms with Crippen molar-refractivity contribution < 1.29 is 0 Å². The molecule has 0 fully saturated rings. The lowest BCUT2D eigenvalue weighted by Gasteiger charge is -2.28. The quantitative estimate of drug-likeness (QED) is 0.649. The highest BCUT2D eigenvalue weighted by Gasteiger charge is 2.12. The highest BCUT2D eigenvalue weighted by Crippen LogP contribution is 2.16. The van der Waals surface area contributed by atoms with Crippen LogP contribution in [-0.2, 0) is 6.42 Å². The number of rotatable bonds is 8. The average Bonchev–Trinajstić information content (AvgIpc) is 2.53. The topological polar surface area (TPSA) is 3.24 Å². The van der Waals surface area contributed by atoms with Crippen LogP contribution in [0, 0.1) is 0 Å². The van der Waals surface area contributed by atoms with Crippen LogP contribution in [-0.4, -0.2) is 24.0 Å². The van der Waals surface area contributed by atoms with E-state index in [-0.39, 0.29) is 0 Å². The summed E-state index contributed by atoms with van der Waals surface area (Å²) in [6, 6.07) is 11.5. The van der Waals surface area contributed by atoms with Gasteiger partial charge in [-0.05, 0) is 57.7 Å². The largest absolute Gasteiger partial charge is 0.301 e. The minimum atomic E-state index is 0.619. The van der Waals surface area contributed by atoms with Crippen molar-refractivity contribution in [1.29, 1.82) is 0 Å². The zero-order chi connectivity index (χ0) is 14.9. The standard InChI is InChI=1S/C20H29N/c1-3-21(16-10-15-19-11-6-4-7-12-19)18(2)17-20-13-8-5-9-14-20/h5-6,8-9,11-14,18H,3-4,7,10,15-17H2,1-2H3. The van der Waals surface area contributed by atoms with Crippen LogP contribution in [0.4, 0.5) is 0 Å². The van der Waals surface area contributed by atoms with Crippen LogP contribution in [0.5, 0.6) is 0 Å². The minimum absolute atomic E-state index is 0.619. The van der Waals surface area contributed by atoms with Crippen molar-refractivity contribution >= 4 is 0 Å². The molecule has 0 N–H and O–H groups in total. The summed E-state index contributed by atoms with van der Waals surface area (Å²) in [4.78, 5) is 2.61. The minimum Gasteiger partial charge on any atom is -0.301 e. The molecule has 0 spiro atoms. The molecule has 0 heterocycles. The molecule has 1 aromatic carbocycles. The van der Waals surface area contributed by atoms with Gasteiger partial charge < -0.3 is 4.90 Å². The second-order valence-electron chi connectivity index (χ2n) is 6.03. The van der Waals surface area contributed by atoms with Gasteiger partial charge in [-0.1, -0.05) is 61.1 Å². The molecule has 0 aliphatic heterocycles. The maximum atomic E-state index is 2.61. The van der Waals surface area contributed by atoms with Gasteiger partial charge in [0.25, 0.3) is 0 Å². The summed E-state index contributed by atoms with van der Waals surface area (Å²) in [5.74, 6) is 0. The van der Waals surface area contributed by atoms with Crippen LogP contribution < -0.4 is 0 Å². The number of hydrogen-bond donors (Lipinski definition) is 0. The molecular weight excluding hydrogens is 254 g/mol. The van der Waals surface area contributed by atoms with Crippen LogP contribution in [0.15, 0.2) is 54.1 Å². The third-order valence-corrected chi connectivity index (χ3v) is 4.39. The van der Waals surface area contributed by atoms with Gasteiger partial charge in [-0.15, -0.1) is 0 Å². The molecule has 1 aliphatic rings.